The van der Waals surface area contributed by atoms with E-state index in [0.717, 1.165) is 20.9 Å². The fraction of sp³-hybridized carbons (Fsp3) is 0.0625. The van der Waals surface area contributed by atoms with Crippen molar-refractivity contribution in [3.05, 3.63) is 53.6 Å². The zero-order chi connectivity index (χ0) is 16.5. The number of halogens is 1. The number of nitrogens with one attached hydrogen (secondary N) is 1. The van der Waals surface area contributed by atoms with Crippen molar-refractivity contribution in [3.63, 3.8) is 0 Å². The Morgan fingerprint density at radius 2 is 1.96 bits per heavy atom. The highest BCUT2D eigenvalue weighted by Gasteiger charge is 2.14. The number of hydrogen-bond donors (Lipinski definition) is 1. The van der Waals surface area contributed by atoms with Crippen molar-refractivity contribution in [1.82, 2.24) is 14.6 Å². The molecule has 1 amide bonds. The number of amides is 1. The topological polar surface area (TPSA) is 59.3 Å². The second-order valence-corrected chi connectivity index (χ2v) is 7.40. The lowest BCUT2D eigenvalue weighted by Gasteiger charge is -2.04. The van der Waals surface area contributed by atoms with Gasteiger partial charge in [-0.25, -0.2) is 0 Å². The first-order valence-corrected chi connectivity index (χ1v) is 9.29. The summed E-state index contributed by atoms with van der Waals surface area (Å²) in [5, 5.41) is 12.6. The van der Waals surface area contributed by atoms with E-state index in [1.807, 2.05) is 22.6 Å². The number of carbonyl (C=O) groups is 1. The number of para-hydroxylation sites is 1. The minimum atomic E-state index is -0.0985. The lowest BCUT2D eigenvalue weighted by atomic mass is 10.3. The first-order valence-electron chi connectivity index (χ1n) is 7.11. The summed E-state index contributed by atoms with van der Waals surface area (Å²) in [6, 6.07) is 15.1. The lowest BCUT2D eigenvalue weighted by Crippen LogP contribution is -2.14. The Morgan fingerprint density at radius 1 is 1.17 bits per heavy atom. The third-order valence-electron chi connectivity index (χ3n) is 3.37. The zero-order valence-electron chi connectivity index (χ0n) is 12.3. The molecule has 0 spiro atoms. The van der Waals surface area contributed by atoms with Crippen molar-refractivity contribution in [1.29, 1.82) is 0 Å². The third kappa shape index (κ3) is 2.98. The molecule has 0 bridgehead atoms. The monoisotopic (exact) mass is 374 g/mol. The second-order valence-electron chi connectivity index (χ2n) is 5.01. The van der Waals surface area contributed by atoms with Gasteiger partial charge in [0.2, 0.25) is 10.9 Å². The molecule has 24 heavy (non-hydrogen) atoms. The smallest absolute Gasteiger partial charge is 0.234 e. The van der Waals surface area contributed by atoms with Gasteiger partial charge in [-0.3, -0.25) is 9.20 Å². The van der Waals surface area contributed by atoms with E-state index in [9.17, 15) is 4.79 Å². The van der Waals surface area contributed by atoms with Gasteiger partial charge in [0.25, 0.3) is 0 Å². The van der Waals surface area contributed by atoms with Gasteiger partial charge in [0.15, 0.2) is 5.16 Å². The molecule has 4 rings (SSSR count). The molecule has 0 saturated carbocycles. The summed E-state index contributed by atoms with van der Waals surface area (Å²) in [7, 11) is 0. The number of carbonyl (C=O) groups excluding carboxylic acids is 1. The van der Waals surface area contributed by atoms with Gasteiger partial charge in [-0.05, 0) is 36.4 Å². The number of thiazole rings is 1. The van der Waals surface area contributed by atoms with Crippen molar-refractivity contribution >= 4 is 61.5 Å². The van der Waals surface area contributed by atoms with E-state index in [-0.39, 0.29) is 11.7 Å². The zero-order valence-corrected chi connectivity index (χ0v) is 14.7. The van der Waals surface area contributed by atoms with E-state index in [0.29, 0.717) is 10.2 Å². The van der Waals surface area contributed by atoms with Crippen molar-refractivity contribution in [2.45, 2.75) is 5.16 Å². The maximum absolute atomic E-state index is 12.1. The Hall–Kier alpha value is -2.09. The second kappa shape index (κ2) is 6.43. The number of anilines is 1. The van der Waals surface area contributed by atoms with Gasteiger partial charge in [0.05, 0.1) is 16.0 Å². The molecule has 1 N–H and O–H groups in total. The predicted octanol–water partition coefficient (Wildman–Crippen LogP) is 4.33. The molecular formula is C16H11ClN4OS2. The molecule has 2 heterocycles. The van der Waals surface area contributed by atoms with Gasteiger partial charge in [0.1, 0.15) is 0 Å². The highest BCUT2D eigenvalue weighted by Crippen LogP contribution is 2.29. The Kier molecular flexibility index (Phi) is 4.13. The molecule has 0 atom stereocenters. The molecule has 0 aliphatic carbocycles. The number of aromatic nitrogens is 3. The number of hydrogen-bond acceptors (Lipinski definition) is 5. The average molecular weight is 375 g/mol. The summed E-state index contributed by atoms with van der Waals surface area (Å²) in [6.07, 6.45) is 0. The van der Waals surface area contributed by atoms with Crippen LogP contribution in [0.2, 0.25) is 5.02 Å². The van der Waals surface area contributed by atoms with Gasteiger partial charge in [-0.2, -0.15) is 0 Å². The fourth-order valence-corrected chi connectivity index (χ4v) is 4.20. The van der Waals surface area contributed by atoms with Gasteiger partial charge < -0.3 is 5.32 Å². The van der Waals surface area contributed by atoms with Crippen molar-refractivity contribution in [3.8, 4) is 0 Å². The molecule has 0 saturated heterocycles. The Balaban J connectivity index is 1.50. The number of rotatable bonds is 4. The Morgan fingerprint density at radius 3 is 2.79 bits per heavy atom. The van der Waals surface area contributed by atoms with Crippen LogP contribution < -0.4 is 5.32 Å². The van der Waals surface area contributed by atoms with E-state index >= 15 is 0 Å². The van der Waals surface area contributed by atoms with Gasteiger partial charge in [0, 0.05) is 10.7 Å². The van der Waals surface area contributed by atoms with Crippen LogP contribution in [-0.2, 0) is 4.79 Å². The van der Waals surface area contributed by atoms with E-state index < -0.39 is 0 Å². The summed E-state index contributed by atoms with van der Waals surface area (Å²) in [4.78, 5) is 12.9. The van der Waals surface area contributed by atoms with E-state index in [1.165, 1.54) is 11.8 Å². The first kappa shape index (κ1) is 15.4. The molecule has 120 valence electrons. The summed E-state index contributed by atoms with van der Waals surface area (Å²) >= 11 is 8.78. The number of fused-ring (bicyclic) bond motifs is 3. The summed E-state index contributed by atoms with van der Waals surface area (Å²) in [6.45, 7) is 0. The standard InChI is InChI=1S/C16H11ClN4OS2/c17-10-5-7-11(8-6-10)18-14(22)9-23-15-19-20-16-21(15)12-3-1-2-4-13(12)24-16/h1-8H,9H2,(H,18,22). The van der Waals surface area contributed by atoms with Gasteiger partial charge in [-0.1, -0.05) is 46.8 Å². The summed E-state index contributed by atoms with van der Waals surface area (Å²) < 4.78 is 3.13. The molecule has 0 fully saturated rings. The van der Waals surface area contributed by atoms with Crippen molar-refractivity contribution in [2.75, 3.05) is 11.1 Å². The molecule has 2 aromatic carbocycles. The van der Waals surface area contributed by atoms with E-state index in [2.05, 4.69) is 21.6 Å². The molecule has 4 aromatic rings. The molecular weight excluding hydrogens is 364 g/mol. The average Bonchev–Trinajstić information content (AvgIpc) is 3.14. The highest BCUT2D eigenvalue weighted by atomic mass is 35.5. The quantitative estimate of drug-likeness (QED) is 0.540. The van der Waals surface area contributed by atoms with Crippen LogP contribution in [-0.4, -0.2) is 26.3 Å². The van der Waals surface area contributed by atoms with Crippen LogP contribution >= 0.6 is 34.7 Å². The highest BCUT2D eigenvalue weighted by molar-refractivity contribution is 7.99. The predicted molar refractivity (Wildman–Crippen MR) is 99.2 cm³/mol. The first-order chi connectivity index (χ1) is 11.7. The lowest BCUT2D eigenvalue weighted by molar-refractivity contribution is -0.113. The largest absolute Gasteiger partial charge is 0.325 e. The van der Waals surface area contributed by atoms with E-state index in [4.69, 9.17) is 11.6 Å². The van der Waals surface area contributed by atoms with Crippen molar-refractivity contribution in [2.24, 2.45) is 0 Å². The number of thioether (sulfide) groups is 1. The third-order valence-corrected chi connectivity index (χ3v) is 5.56. The van der Waals surface area contributed by atoms with Crippen molar-refractivity contribution < 1.29 is 4.79 Å². The maximum Gasteiger partial charge on any atom is 0.234 e. The fourth-order valence-electron chi connectivity index (χ4n) is 2.31. The molecule has 0 radical (unpaired) electrons. The number of nitrogens with zero attached hydrogens (tertiary/aromatic N) is 3. The maximum atomic E-state index is 12.1. The Bertz CT molecular complexity index is 1030. The molecule has 2 aromatic heterocycles. The molecule has 0 aliphatic rings. The molecule has 0 unspecified atom stereocenters. The summed E-state index contributed by atoms with van der Waals surface area (Å²) in [5.74, 6) is 0.159. The van der Waals surface area contributed by atoms with Crippen LogP contribution in [0.1, 0.15) is 0 Å². The van der Waals surface area contributed by atoms with Gasteiger partial charge in [-0.15, -0.1) is 10.2 Å². The minimum Gasteiger partial charge on any atom is -0.325 e. The normalized spacial score (nSPS) is 11.2. The Labute approximate surface area is 150 Å². The van der Waals surface area contributed by atoms with Gasteiger partial charge >= 0.3 is 0 Å². The van der Waals surface area contributed by atoms with Crippen LogP contribution in [0.15, 0.2) is 53.7 Å². The minimum absolute atomic E-state index is 0.0985. The van der Waals surface area contributed by atoms with Crippen LogP contribution in [0.25, 0.3) is 15.2 Å². The van der Waals surface area contributed by atoms with E-state index in [1.54, 1.807) is 35.6 Å². The van der Waals surface area contributed by atoms with Crippen LogP contribution in [0.5, 0.6) is 0 Å². The molecule has 5 nitrogen and oxygen atoms in total. The van der Waals surface area contributed by atoms with Crippen LogP contribution in [0, 0.1) is 0 Å². The van der Waals surface area contributed by atoms with Crippen LogP contribution in [0.3, 0.4) is 0 Å². The molecule has 0 aliphatic heterocycles. The molecule has 8 heteroatoms. The SMILES string of the molecule is O=C(CSc1nnc2sc3ccccc3n12)Nc1ccc(Cl)cc1. The summed E-state index contributed by atoms with van der Waals surface area (Å²) in [5.41, 5.74) is 1.78. The van der Waals surface area contributed by atoms with Crippen LogP contribution in [0.4, 0.5) is 5.69 Å². The number of benzene rings is 2.